The molecule has 0 aliphatic rings. The molecule has 0 fully saturated rings. The summed E-state index contributed by atoms with van der Waals surface area (Å²) in [5, 5.41) is 3.10. The minimum Gasteiger partial charge on any atom is -0.492 e. The Kier molecular flexibility index (Phi) is 6.85. The van der Waals surface area contributed by atoms with Gasteiger partial charge in [0.1, 0.15) is 5.75 Å². The Balaban J connectivity index is 2.08. The number of carbonyl (C=O) groups excluding carboxylic acids is 1. The first-order chi connectivity index (χ1) is 11.5. The van der Waals surface area contributed by atoms with Gasteiger partial charge < -0.3 is 10.1 Å². The number of hydrogen-bond donors (Lipinski definition) is 1. The molecule has 2 rings (SSSR count). The van der Waals surface area contributed by atoms with Crippen molar-refractivity contribution in [3.63, 3.8) is 0 Å². The fourth-order valence-corrected chi connectivity index (χ4v) is 2.86. The van der Waals surface area contributed by atoms with Crippen LogP contribution >= 0.6 is 15.9 Å². The van der Waals surface area contributed by atoms with Gasteiger partial charge in [0.15, 0.2) is 0 Å². The summed E-state index contributed by atoms with van der Waals surface area (Å²) < 4.78 is 6.52. The molecule has 0 heterocycles. The Morgan fingerprint density at radius 2 is 1.88 bits per heavy atom. The van der Waals surface area contributed by atoms with E-state index in [-0.39, 0.29) is 11.9 Å². The number of halogens is 1. The normalized spacial score (nSPS) is 12.0. The summed E-state index contributed by atoms with van der Waals surface area (Å²) in [6.45, 7) is 6.92. The molecule has 0 aromatic heterocycles. The number of carbonyl (C=O) groups is 1. The first-order valence-electron chi connectivity index (χ1n) is 8.29. The van der Waals surface area contributed by atoms with E-state index in [2.05, 4.69) is 42.0 Å². The molecule has 0 saturated carbocycles. The Hall–Kier alpha value is -1.81. The van der Waals surface area contributed by atoms with E-state index in [0.29, 0.717) is 18.1 Å². The van der Waals surface area contributed by atoms with E-state index in [0.717, 1.165) is 22.2 Å². The SMILES string of the molecule is CCC(NC(=O)c1ccc(OCC(C)C)c(Br)c1)c1ccccc1. The minimum atomic E-state index is -0.0817. The highest BCUT2D eigenvalue weighted by Crippen LogP contribution is 2.27. The molecule has 0 saturated heterocycles. The smallest absolute Gasteiger partial charge is 0.251 e. The second-order valence-corrected chi connectivity index (χ2v) is 7.05. The Labute approximate surface area is 152 Å². The van der Waals surface area contributed by atoms with Gasteiger partial charge in [0.05, 0.1) is 17.1 Å². The topological polar surface area (TPSA) is 38.3 Å². The third kappa shape index (κ3) is 5.10. The molecule has 1 N–H and O–H groups in total. The average molecular weight is 390 g/mol. The van der Waals surface area contributed by atoms with Gasteiger partial charge in [-0.2, -0.15) is 0 Å². The van der Waals surface area contributed by atoms with Crippen LogP contribution in [0, 0.1) is 5.92 Å². The molecule has 0 bridgehead atoms. The van der Waals surface area contributed by atoms with E-state index < -0.39 is 0 Å². The average Bonchev–Trinajstić information content (AvgIpc) is 2.59. The summed E-state index contributed by atoms with van der Waals surface area (Å²) in [6.07, 6.45) is 0.840. The van der Waals surface area contributed by atoms with Crippen LogP contribution in [0.3, 0.4) is 0 Å². The fraction of sp³-hybridized carbons (Fsp3) is 0.350. The summed E-state index contributed by atoms with van der Waals surface area (Å²) in [6, 6.07) is 15.5. The van der Waals surface area contributed by atoms with Crippen molar-refractivity contribution >= 4 is 21.8 Å². The molecule has 1 unspecified atom stereocenters. The van der Waals surface area contributed by atoms with Gasteiger partial charge in [0.2, 0.25) is 0 Å². The Bertz CT molecular complexity index is 671. The van der Waals surface area contributed by atoms with Gasteiger partial charge in [-0.3, -0.25) is 4.79 Å². The molecular formula is C20H24BrNO2. The molecule has 1 amide bonds. The number of nitrogens with one attached hydrogen (secondary N) is 1. The van der Waals surface area contributed by atoms with Gasteiger partial charge in [0, 0.05) is 5.56 Å². The van der Waals surface area contributed by atoms with Crippen LogP contribution < -0.4 is 10.1 Å². The van der Waals surface area contributed by atoms with Gasteiger partial charge in [-0.1, -0.05) is 51.1 Å². The number of amides is 1. The van der Waals surface area contributed by atoms with Crippen molar-refractivity contribution in [2.75, 3.05) is 6.61 Å². The minimum absolute atomic E-state index is 0.00865. The van der Waals surface area contributed by atoms with E-state index in [1.807, 2.05) is 42.5 Å². The van der Waals surface area contributed by atoms with Gasteiger partial charge in [-0.05, 0) is 52.0 Å². The molecule has 3 nitrogen and oxygen atoms in total. The van der Waals surface area contributed by atoms with Crippen molar-refractivity contribution in [2.24, 2.45) is 5.92 Å². The lowest BCUT2D eigenvalue weighted by Gasteiger charge is -2.18. The summed E-state index contributed by atoms with van der Waals surface area (Å²) in [4.78, 5) is 12.5. The van der Waals surface area contributed by atoms with E-state index >= 15 is 0 Å². The van der Waals surface area contributed by atoms with Crippen molar-refractivity contribution in [3.05, 3.63) is 64.1 Å². The fourth-order valence-electron chi connectivity index (χ4n) is 2.36. The third-order valence-corrected chi connectivity index (χ3v) is 4.30. The maximum absolute atomic E-state index is 12.5. The van der Waals surface area contributed by atoms with Gasteiger partial charge in [0.25, 0.3) is 5.91 Å². The molecule has 0 aliphatic heterocycles. The molecule has 0 aliphatic carbocycles. The number of hydrogen-bond acceptors (Lipinski definition) is 2. The van der Waals surface area contributed by atoms with Crippen LogP contribution in [-0.4, -0.2) is 12.5 Å². The molecule has 0 spiro atoms. The number of benzene rings is 2. The van der Waals surface area contributed by atoms with Crippen LogP contribution in [-0.2, 0) is 0 Å². The lowest BCUT2D eigenvalue weighted by atomic mass is 10.0. The molecule has 0 radical (unpaired) electrons. The van der Waals surface area contributed by atoms with Crippen LogP contribution in [0.4, 0.5) is 0 Å². The van der Waals surface area contributed by atoms with Crippen molar-refractivity contribution < 1.29 is 9.53 Å². The highest BCUT2D eigenvalue weighted by Gasteiger charge is 2.15. The molecule has 2 aromatic carbocycles. The van der Waals surface area contributed by atoms with Crippen LogP contribution in [0.25, 0.3) is 0 Å². The van der Waals surface area contributed by atoms with Gasteiger partial charge in [-0.25, -0.2) is 0 Å². The van der Waals surface area contributed by atoms with E-state index in [1.54, 1.807) is 6.07 Å². The lowest BCUT2D eigenvalue weighted by Crippen LogP contribution is -2.28. The van der Waals surface area contributed by atoms with Crippen molar-refractivity contribution in [1.82, 2.24) is 5.32 Å². The van der Waals surface area contributed by atoms with Crippen molar-refractivity contribution in [1.29, 1.82) is 0 Å². The van der Waals surface area contributed by atoms with Crippen molar-refractivity contribution in [2.45, 2.75) is 33.2 Å². The predicted octanol–water partition coefficient (Wildman–Crippen LogP) is 5.37. The summed E-state index contributed by atoms with van der Waals surface area (Å²) in [7, 11) is 0. The van der Waals surface area contributed by atoms with E-state index in [1.165, 1.54) is 0 Å². The standard InChI is InChI=1S/C20H24BrNO2/c1-4-18(15-8-6-5-7-9-15)22-20(23)16-10-11-19(17(21)12-16)24-13-14(2)3/h5-12,14,18H,4,13H2,1-3H3,(H,22,23). The molecular weight excluding hydrogens is 366 g/mol. The second-order valence-electron chi connectivity index (χ2n) is 6.20. The quantitative estimate of drug-likeness (QED) is 0.691. The maximum atomic E-state index is 12.5. The predicted molar refractivity (Wildman–Crippen MR) is 101 cm³/mol. The second kappa shape index (κ2) is 8.88. The van der Waals surface area contributed by atoms with Crippen LogP contribution in [0.1, 0.15) is 49.2 Å². The van der Waals surface area contributed by atoms with Gasteiger partial charge >= 0.3 is 0 Å². The molecule has 1 atom stereocenters. The zero-order chi connectivity index (χ0) is 17.5. The van der Waals surface area contributed by atoms with Gasteiger partial charge in [-0.15, -0.1) is 0 Å². The number of ether oxygens (including phenoxy) is 1. The van der Waals surface area contributed by atoms with Crippen LogP contribution in [0.15, 0.2) is 53.0 Å². The molecule has 128 valence electrons. The zero-order valence-corrected chi connectivity index (χ0v) is 16.0. The first kappa shape index (κ1) is 18.5. The monoisotopic (exact) mass is 389 g/mol. The Morgan fingerprint density at radius 1 is 1.17 bits per heavy atom. The van der Waals surface area contributed by atoms with Crippen LogP contribution in [0.5, 0.6) is 5.75 Å². The molecule has 4 heteroatoms. The highest BCUT2D eigenvalue weighted by atomic mass is 79.9. The highest BCUT2D eigenvalue weighted by molar-refractivity contribution is 9.10. The molecule has 24 heavy (non-hydrogen) atoms. The first-order valence-corrected chi connectivity index (χ1v) is 9.08. The largest absolute Gasteiger partial charge is 0.492 e. The summed E-state index contributed by atoms with van der Waals surface area (Å²) >= 11 is 3.49. The number of rotatable bonds is 7. The summed E-state index contributed by atoms with van der Waals surface area (Å²) in [5.41, 5.74) is 1.73. The molecule has 2 aromatic rings. The lowest BCUT2D eigenvalue weighted by molar-refractivity contribution is 0.0935. The van der Waals surface area contributed by atoms with Crippen LogP contribution in [0.2, 0.25) is 0 Å². The van der Waals surface area contributed by atoms with E-state index in [4.69, 9.17) is 4.74 Å². The maximum Gasteiger partial charge on any atom is 0.251 e. The zero-order valence-electron chi connectivity index (χ0n) is 14.4. The van der Waals surface area contributed by atoms with Crippen molar-refractivity contribution in [3.8, 4) is 5.75 Å². The van der Waals surface area contributed by atoms with E-state index in [9.17, 15) is 4.79 Å². The summed E-state index contributed by atoms with van der Waals surface area (Å²) in [5.74, 6) is 1.13. The Morgan fingerprint density at radius 3 is 2.46 bits per heavy atom. The third-order valence-electron chi connectivity index (χ3n) is 3.68.